The van der Waals surface area contributed by atoms with Gasteiger partial charge in [0.2, 0.25) is 5.91 Å². The largest absolute Gasteiger partial charge is 0.345 e. The second kappa shape index (κ2) is 7.58. The van der Waals surface area contributed by atoms with Gasteiger partial charge in [0.25, 0.3) is 0 Å². The molecule has 0 unspecified atom stereocenters. The molecule has 0 spiro atoms. The number of benzene rings is 1. The average Bonchev–Trinajstić information content (AvgIpc) is 2.99. The van der Waals surface area contributed by atoms with Gasteiger partial charge < -0.3 is 5.32 Å². The van der Waals surface area contributed by atoms with E-state index in [9.17, 15) is 9.59 Å². The molecule has 1 aromatic heterocycles. The molecule has 0 aliphatic rings. The maximum atomic E-state index is 11.9. The highest BCUT2D eigenvalue weighted by Gasteiger charge is 2.17. The van der Waals surface area contributed by atoms with Gasteiger partial charge in [0.15, 0.2) is 10.9 Å². The summed E-state index contributed by atoms with van der Waals surface area (Å²) in [6, 6.07) is 9.10. The predicted octanol–water partition coefficient (Wildman–Crippen LogP) is 1.21. The van der Waals surface area contributed by atoms with E-state index in [1.165, 1.54) is 25.0 Å². The van der Waals surface area contributed by atoms with Crippen LogP contribution in [0.25, 0.3) is 0 Å². The standard InChI is InChI=1S/C14H16N4O2S/c1-10(19)12(7-11-5-3-2-4-6-11)17-13(20)8-21-14-15-9-16-18-14/h2-6,9,12H,7-8H2,1H3,(H,17,20)(H,15,16,18)/t12-/m0/s1. The molecule has 0 radical (unpaired) electrons. The molecule has 1 atom stereocenters. The van der Waals surface area contributed by atoms with Crippen molar-refractivity contribution < 1.29 is 9.59 Å². The Morgan fingerprint density at radius 3 is 2.71 bits per heavy atom. The van der Waals surface area contributed by atoms with Crippen LogP contribution >= 0.6 is 11.8 Å². The molecule has 1 heterocycles. The van der Waals surface area contributed by atoms with Crippen LogP contribution in [-0.2, 0) is 16.0 Å². The SMILES string of the molecule is CC(=O)[C@H](Cc1ccccc1)NC(=O)CSc1ncn[nH]1. The molecule has 2 N–H and O–H groups in total. The van der Waals surface area contributed by atoms with Crippen molar-refractivity contribution in [1.29, 1.82) is 0 Å². The maximum Gasteiger partial charge on any atom is 0.231 e. The lowest BCUT2D eigenvalue weighted by molar-refractivity contribution is -0.125. The molecular weight excluding hydrogens is 288 g/mol. The summed E-state index contributed by atoms with van der Waals surface area (Å²) in [4.78, 5) is 27.5. The lowest BCUT2D eigenvalue weighted by Crippen LogP contribution is -2.42. The van der Waals surface area contributed by atoms with Gasteiger partial charge in [-0.25, -0.2) is 4.98 Å². The van der Waals surface area contributed by atoms with E-state index >= 15 is 0 Å². The zero-order chi connectivity index (χ0) is 15.1. The molecule has 7 heteroatoms. The zero-order valence-electron chi connectivity index (χ0n) is 11.6. The molecule has 21 heavy (non-hydrogen) atoms. The number of carbonyl (C=O) groups is 2. The van der Waals surface area contributed by atoms with Gasteiger partial charge in [0, 0.05) is 0 Å². The Bertz CT molecular complexity index is 586. The Morgan fingerprint density at radius 1 is 1.33 bits per heavy atom. The molecule has 0 bridgehead atoms. The van der Waals surface area contributed by atoms with Crippen LogP contribution in [0.4, 0.5) is 0 Å². The van der Waals surface area contributed by atoms with Gasteiger partial charge in [-0.05, 0) is 18.9 Å². The number of hydrogen-bond donors (Lipinski definition) is 2. The summed E-state index contributed by atoms with van der Waals surface area (Å²) < 4.78 is 0. The number of aromatic amines is 1. The van der Waals surface area contributed by atoms with Gasteiger partial charge in [-0.2, -0.15) is 5.10 Å². The van der Waals surface area contributed by atoms with E-state index in [1.807, 2.05) is 30.3 Å². The van der Waals surface area contributed by atoms with E-state index in [0.29, 0.717) is 11.6 Å². The fraction of sp³-hybridized carbons (Fsp3) is 0.286. The lowest BCUT2D eigenvalue weighted by Gasteiger charge is -2.15. The highest BCUT2D eigenvalue weighted by atomic mass is 32.2. The molecule has 110 valence electrons. The lowest BCUT2D eigenvalue weighted by atomic mass is 10.0. The molecule has 0 fully saturated rings. The number of nitrogens with zero attached hydrogens (tertiary/aromatic N) is 2. The normalized spacial score (nSPS) is 11.9. The Morgan fingerprint density at radius 2 is 2.10 bits per heavy atom. The first kappa shape index (κ1) is 15.2. The molecule has 0 saturated carbocycles. The minimum atomic E-state index is -0.504. The van der Waals surface area contributed by atoms with Gasteiger partial charge in [0.05, 0.1) is 11.8 Å². The van der Waals surface area contributed by atoms with E-state index in [4.69, 9.17) is 0 Å². The number of aromatic nitrogens is 3. The number of ketones is 1. The molecular formula is C14H16N4O2S. The summed E-state index contributed by atoms with van der Waals surface area (Å²) in [5, 5.41) is 9.70. The average molecular weight is 304 g/mol. The van der Waals surface area contributed by atoms with Crippen LogP contribution < -0.4 is 5.32 Å². The molecule has 1 aromatic carbocycles. The van der Waals surface area contributed by atoms with Crippen molar-refractivity contribution >= 4 is 23.5 Å². The second-order valence-electron chi connectivity index (χ2n) is 4.50. The van der Waals surface area contributed by atoms with Crippen molar-refractivity contribution in [2.24, 2.45) is 0 Å². The molecule has 2 aromatic rings. The number of rotatable bonds is 7. The van der Waals surface area contributed by atoms with Crippen LogP contribution in [0.5, 0.6) is 0 Å². The predicted molar refractivity (Wildman–Crippen MR) is 79.9 cm³/mol. The fourth-order valence-corrected chi connectivity index (χ4v) is 2.37. The number of nitrogens with one attached hydrogen (secondary N) is 2. The Balaban J connectivity index is 1.87. The van der Waals surface area contributed by atoms with E-state index in [1.54, 1.807) is 0 Å². The first-order chi connectivity index (χ1) is 10.1. The molecule has 0 aliphatic carbocycles. The first-order valence-electron chi connectivity index (χ1n) is 6.47. The van der Waals surface area contributed by atoms with E-state index in [-0.39, 0.29) is 17.4 Å². The Hall–Kier alpha value is -2.15. The minimum Gasteiger partial charge on any atom is -0.345 e. The van der Waals surface area contributed by atoms with Crippen LogP contribution in [0.15, 0.2) is 41.8 Å². The summed E-state index contributed by atoms with van der Waals surface area (Å²) in [6.45, 7) is 1.48. The van der Waals surface area contributed by atoms with Crippen molar-refractivity contribution in [3.05, 3.63) is 42.2 Å². The quantitative estimate of drug-likeness (QED) is 0.751. The summed E-state index contributed by atoms with van der Waals surface area (Å²) >= 11 is 1.24. The number of thioether (sulfide) groups is 1. The third kappa shape index (κ3) is 5.03. The number of carbonyl (C=O) groups excluding carboxylic acids is 2. The van der Waals surface area contributed by atoms with Gasteiger partial charge >= 0.3 is 0 Å². The first-order valence-corrected chi connectivity index (χ1v) is 7.45. The van der Waals surface area contributed by atoms with Crippen LogP contribution in [0.2, 0.25) is 0 Å². The fourth-order valence-electron chi connectivity index (χ4n) is 1.78. The number of hydrogen-bond acceptors (Lipinski definition) is 5. The van der Waals surface area contributed by atoms with Crippen LogP contribution in [0.3, 0.4) is 0 Å². The molecule has 0 aliphatic heterocycles. The van der Waals surface area contributed by atoms with E-state index in [2.05, 4.69) is 20.5 Å². The van der Waals surface area contributed by atoms with Crippen LogP contribution in [0, 0.1) is 0 Å². The van der Waals surface area contributed by atoms with E-state index < -0.39 is 6.04 Å². The second-order valence-corrected chi connectivity index (χ2v) is 5.46. The number of H-pyrrole nitrogens is 1. The molecule has 0 saturated heterocycles. The monoisotopic (exact) mass is 304 g/mol. The topological polar surface area (TPSA) is 87.7 Å². The van der Waals surface area contributed by atoms with Gasteiger partial charge in [-0.3, -0.25) is 14.7 Å². The Kier molecular flexibility index (Phi) is 5.51. The zero-order valence-corrected chi connectivity index (χ0v) is 12.4. The van der Waals surface area contributed by atoms with Crippen molar-refractivity contribution in [3.63, 3.8) is 0 Å². The summed E-state index contributed by atoms with van der Waals surface area (Å²) in [7, 11) is 0. The van der Waals surface area contributed by atoms with Gasteiger partial charge in [0.1, 0.15) is 6.33 Å². The minimum absolute atomic E-state index is 0.0585. The van der Waals surface area contributed by atoms with Crippen molar-refractivity contribution in [3.8, 4) is 0 Å². The summed E-state index contributed by atoms with van der Waals surface area (Å²) in [5.41, 5.74) is 1.01. The Labute approximate surface area is 126 Å². The van der Waals surface area contributed by atoms with Crippen molar-refractivity contribution in [2.75, 3.05) is 5.75 Å². The molecule has 2 rings (SSSR count). The van der Waals surface area contributed by atoms with Crippen molar-refractivity contribution in [2.45, 2.75) is 24.5 Å². The van der Waals surface area contributed by atoms with E-state index in [0.717, 1.165) is 5.56 Å². The summed E-state index contributed by atoms with van der Waals surface area (Å²) in [5.74, 6) is -0.0716. The number of Topliss-reactive ketones (excluding diaryl/α,β-unsaturated/α-hetero) is 1. The number of amides is 1. The van der Waals surface area contributed by atoms with Crippen LogP contribution in [0.1, 0.15) is 12.5 Å². The molecule has 6 nitrogen and oxygen atoms in total. The van der Waals surface area contributed by atoms with Gasteiger partial charge in [-0.1, -0.05) is 42.1 Å². The van der Waals surface area contributed by atoms with Gasteiger partial charge in [-0.15, -0.1) is 0 Å². The summed E-state index contributed by atoms with van der Waals surface area (Å²) in [6.07, 6.45) is 1.88. The highest BCUT2D eigenvalue weighted by molar-refractivity contribution is 7.99. The smallest absolute Gasteiger partial charge is 0.231 e. The van der Waals surface area contributed by atoms with Crippen molar-refractivity contribution in [1.82, 2.24) is 20.5 Å². The molecule has 1 amide bonds. The maximum absolute atomic E-state index is 11.9. The highest BCUT2D eigenvalue weighted by Crippen LogP contribution is 2.10. The third-order valence-corrected chi connectivity index (χ3v) is 3.72. The van der Waals surface area contributed by atoms with Crippen LogP contribution in [-0.4, -0.2) is 38.7 Å². The third-order valence-electron chi connectivity index (χ3n) is 2.84.